The lowest BCUT2D eigenvalue weighted by atomic mass is 10.2. The van der Waals surface area contributed by atoms with E-state index in [1.54, 1.807) is 0 Å². The number of rotatable bonds is 6. The van der Waals surface area contributed by atoms with Gasteiger partial charge in [-0.25, -0.2) is 0 Å². The number of aromatic nitrogens is 2. The second-order valence-corrected chi connectivity index (χ2v) is 6.62. The Morgan fingerprint density at radius 3 is 2.61 bits per heavy atom. The molecule has 18 heavy (non-hydrogen) atoms. The fourth-order valence-electron chi connectivity index (χ4n) is 1.04. The van der Waals surface area contributed by atoms with E-state index in [9.17, 15) is 4.79 Å². The summed E-state index contributed by atoms with van der Waals surface area (Å²) in [7, 11) is 0. The van der Waals surface area contributed by atoms with Gasteiger partial charge >= 0.3 is 0 Å². The van der Waals surface area contributed by atoms with E-state index in [1.165, 1.54) is 6.92 Å². The van der Waals surface area contributed by atoms with Gasteiger partial charge in [0.05, 0.1) is 0 Å². The zero-order valence-corrected chi connectivity index (χ0v) is 12.8. The summed E-state index contributed by atoms with van der Waals surface area (Å²) < 4.78 is 3.78. The molecule has 0 aliphatic rings. The van der Waals surface area contributed by atoms with Crippen LogP contribution in [0.3, 0.4) is 0 Å². The number of likely N-dealkylation sites (N-methyl/N-ethyl adjacent to an activating group) is 1. The summed E-state index contributed by atoms with van der Waals surface area (Å²) in [6.07, 6.45) is -0.624. The van der Waals surface area contributed by atoms with E-state index in [4.69, 9.17) is 39.5 Å². The van der Waals surface area contributed by atoms with Gasteiger partial charge in [-0.05, 0) is 13.5 Å². The lowest BCUT2D eigenvalue weighted by Gasteiger charge is -2.13. The molecular formula is C9H12Cl3N3O2S. The summed E-state index contributed by atoms with van der Waals surface area (Å²) in [4.78, 5) is 11.4. The first-order valence-electron chi connectivity index (χ1n) is 5.13. The lowest BCUT2D eigenvalue weighted by Crippen LogP contribution is -2.36. The van der Waals surface area contributed by atoms with Crippen molar-refractivity contribution < 1.29 is 9.53 Å². The van der Waals surface area contributed by atoms with Gasteiger partial charge in [-0.3, -0.25) is 4.79 Å². The Kier molecular flexibility index (Phi) is 6.07. The number of carbonyl (C=O) groups is 1. The molecule has 0 aliphatic heterocycles. The highest BCUT2D eigenvalue weighted by Gasteiger charge is 2.29. The van der Waals surface area contributed by atoms with Crippen molar-refractivity contribution in [1.82, 2.24) is 15.5 Å². The molecule has 0 aromatic carbocycles. The van der Waals surface area contributed by atoms with Gasteiger partial charge in [0.1, 0.15) is 0 Å². The van der Waals surface area contributed by atoms with Gasteiger partial charge in [-0.15, -0.1) is 5.10 Å². The maximum Gasteiger partial charge on any atom is 0.294 e. The zero-order valence-electron chi connectivity index (χ0n) is 9.74. The molecule has 1 atom stereocenters. The number of ether oxygens (including phenoxy) is 1. The molecule has 1 rings (SSSR count). The molecule has 0 bridgehead atoms. The molecule has 9 heteroatoms. The van der Waals surface area contributed by atoms with Crippen LogP contribution in [0, 0.1) is 0 Å². The maximum absolute atomic E-state index is 11.4. The second kappa shape index (κ2) is 6.86. The van der Waals surface area contributed by atoms with Gasteiger partial charge in [0.25, 0.3) is 5.19 Å². The number of ketones is 1. The maximum atomic E-state index is 11.4. The largest absolute Gasteiger partial charge is 0.456 e. The predicted molar refractivity (Wildman–Crippen MR) is 72.8 cm³/mol. The fourth-order valence-corrected chi connectivity index (χ4v) is 2.11. The van der Waals surface area contributed by atoms with Gasteiger partial charge in [-0.1, -0.05) is 58.2 Å². The molecule has 0 spiro atoms. The van der Waals surface area contributed by atoms with E-state index >= 15 is 0 Å². The molecule has 1 heterocycles. The highest BCUT2D eigenvalue weighted by atomic mass is 35.6. The number of carbonyl (C=O) groups excluding carboxylic acids is 1. The molecule has 0 saturated carbocycles. The van der Waals surface area contributed by atoms with Crippen molar-refractivity contribution in [3.8, 4) is 5.19 Å². The predicted octanol–water partition coefficient (Wildman–Crippen LogP) is 2.31. The summed E-state index contributed by atoms with van der Waals surface area (Å²) in [5.74, 6) is -0.110. The molecule has 1 aromatic heterocycles. The normalized spacial score (nSPS) is 13.4. The molecule has 1 unspecified atom stereocenters. The van der Waals surface area contributed by atoms with Crippen molar-refractivity contribution in [2.24, 2.45) is 0 Å². The topological polar surface area (TPSA) is 64.1 Å². The van der Waals surface area contributed by atoms with Gasteiger partial charge in [0, 0.05) is 6.54 Å². The van der Waals surface area contributed by atoms with Crippen LogP contribution in [0.2, 0.25) is 0 Å². The van der Waals surface area contributed by atoms with Gasteiger partial charge in [0.2, 0.25) is 3.79 Å². The Labute approximate surface area is 124 Å². The summed E-state index contributed by atoms with van der Waals surface area (Å²) in [5, 5.41) is 10.8. The van der Waals surface area contributed by atoms with Crippen LogP contribution < -0.4 is 10.1 Å². The molecule has 1 N–H and O–H groups in total. The van der Waals surface area contributed by atoms with Crippen LogP contribution in [0.1, 0.15) is 18.9 Å². The van der Waals surface area contributed by atoms with Crippen molar-refractivity contribution in [1.29, 1.82) is 0 Å². The number of halogens is 3. The van der Waals surface area contributed by atoms with E-state index in [1.807, 2.05) is 6.92 Å². The van der Waals surface area contributed by atoms with Crippen LogP contribution in [0.5, 0.6) is 5.19 Å². The Morgan fingerprint density at radius 1 is 1.50 bits per heavy atom. The minimum Gasteiger partial charge on any atom is -0.456 e. The van der Waals surface area contributed by atoms with Gasteiger partial charge < -0.3 is 10.1 Å². The first-order valence-corrected chi connectivity index (χ1v) is 7.08. The van der Waals surface area contributed by atoms with Crippen LogP contribution in [-0.2, 0) is 8.59 Å². The second-order valence-electron chi connectivity index (χ2n) is 3.40. The van der Waals surface area contributed by atoms with E-state index in [0.29, 0.717) is 6.54 Å². The van der Waals surface area contributed by atoms with E-state index in [0.717, 1.165) is 17.9 Å². The Morgan fingerprint density at radius 2 is 2.17 bits per heavy atom. The van der Waals surface area contributed by atoms with Crippen LogP contribution >= 0.6 is 46.1 Å². The number of Topliss-reactive ketones (excluding diaryl/α,β-unsaturated/α-hetero) is 1. The van der Waals surface area contributed by atoms with E-state index in [-0.39, 0.29) is 16.0 Å². The smallest absolute Gasteiger partial charge is 0.294 e. The molecule has 5 nitrogen and oxygen atoms in total. The number of alkyl halides is 3. The Bertz CT molecular complexity index is 408. The van der Waals surface area contributed by atoms with Crippen LogP contribution in [0.4, 0.5) is 0 Å². The highest BCUT2D eigenvalue weighted by molar-refractivity contribution is 7.14. The monoisotopic (exact) mass is 331 g/mol. The molecule has 0 amide bonds. The summed E-state index contributed by atoms with van der Waals surface area (Å²) in [6.45, 7) is 4.51. The van der Waals surface area contributed by atoms with E-state index < -0.39 is 9.90 Å². The van der Waals surface area contributed by atoms with Crippen LogP contribution in [0.25, 0.3) is 0 Å². The summed E-state index contributed by atoms with van der Waals surface area (Å²) >= 11 is 18.0. The number of hydrogen-bond acceptors (Lipinski definition) is 6. The fraction of sp³-hybridized carbons (Fsp3) is 0.667. The van der Waals surface area contributed by atoms with E-state index in [2.05, 4.69) is 15.5 Å². The Hall–Kier alpha value is -0.140. The highest BCUT2D eigenvalue weighted by Crippen LogP contribution is 2.41. The SMILES string of the molecule is CCNCC(Oc1nnc(C(Cl)(Cl)Cl)s1)C(C)=O. The summed E-state index contributed by atoms with van der Waals surface area (Å²) in [6, 6.07) is 0. The first kappa shape index (κ1) is 15.9. The molecule has 0 fully saturated rings. The average molecular weight is 333 g/mol. The molecular weight excluding hydrogens is 321 g/mol. The minimum atomic E-state index is -1.63. The minimum absolute atomic E-state index is 0.110. The molecule has 1 aromatic rings. The van der Waals surface area contributed by atoms with Crippen molar-refractivity contribution in [2.45, 2.75) is 23.7 Å². The Balaban J connectivity index is 2.69. The average Bonchev–Trinajstić information content (AvgIpc) is 2.71. The standard InChI is InChI=1S/C9H12Cl3N3O2S/c1-3-13-4-6(5(2)16)17-8-15-14-7(18-8)9(10,11)12/h6,13H,3-4H2,1-2H3. The zero-order chi connectivity index (χ0) is 13.8. The third kappa shape index (κ3) is 4.85. The van der Waals surface area contributed by atoms with Gasteiger partial charge in [0.15, 0.2) is 16.9 Å². The van der Waals surface area contributed by atoms with Crippen molar-refractivity contribution in [2.75, 3.05) is 13.1 Å². The third-order valence-corrected chi connectivity index (χ3v) is 3.73. The quantitative estimate of drug-likeness (QED) is 0.810. The number of nitrogens with one attached hydrogen (secondary N) is 1. The molecule has 102 valence electrons. The van der Waals surface area contributed by atoms with Crippen molar-refractivity contribution in [3.63, 3.8) is 0 Å². The molecule has 0 aliphatic carbocycles. The first-order chi connectivity index (χ1) is 8.34. The molecule has 0 saturated heterocycles. The lowest BCUT2D eigenvalue weighted by molar-refractivity contribution is -0.123. The number of nitrogens with zero attached hydrogens (tertiary/aromatic N) is 2. The van der Waals surface area contributed by atoms with Gasteiger partial charge in [-0.2, -0.15) is 0 Å². The third-order valence-electron chi connectivity index (χ3n) is 1.93. The van der Waals surface area contributed by atoms with Crippen molar-refractivity contribution >= 4 is 51.9 Å². The number of hydrogen-bond donors (Lipinski definition) is 1. The van der Waals surface area contributed by atoms with Crippen molar-refractivity contribution in [3.05, 3.63) is 5.01 Å². The summed E-state index contributed by atoms with van der Waals surface area (Å²) in [5.41, 5.74) is 0. The molecule has 0 radical (unpaired) electrons. The van der Waals surface area contributed by atoms with Crippen LogP contribution in [-0.4, -0.2) is 35.2 Å². The van der Waals surface area contributed by atoms with Crippen LogP contribution in [0.15, 0.2) is 0 Å².